The molecule has 2 rings (SSSR count). The Balaban J connectivity index is 1.96. The van der Waals surface area contributed by atoms with Crippen LogP contribution in [0.2, 0.25) is 0 Å². The van der Waals surface area contributed by atoms with Crippen molar-refractivity contribution in [2.75, 3.05) is 0 Å². The van der Waals surface area contributed by atoms with Crippen LogP contribution in [-0.4, -0.2) is 5.97 Å². The van der Waals surface area contributed by atoms with Gasteiger partial charge in [0.2, 0.25) is 0 Å². The summed E-state index contributed by atoms with van der Waals surface area (Å²) in [6.07, 6.45) is 0.299. The van der Waals surface area contributed by atoms with E-state index in [4.69, 9.17) is 10.6 Å². The molecule has 4 nitrogen and oxygen atoms in total. The van der Waals surface area contributed by atoms with Crippen molar-refractivity contribution in [3.8, 4) is 0 Å². The van der Waals surface area contributed by atoms with Crippen LogP contribution in [-0.2, 0) is 4.84 Å². The van der Waals surface area contributed by atoms with Crippen molar-refractivity contribution in [3.63, 3.8) is 0 Å². The normalized spacial score (nSPS) is 10.2. The summed E-state index contributed by atoms with van der Waals surface area (Å²) in [5.41, 5.74) is 10.7. The van der Waals surface area contributed by atoms with E-state index in [2.05, 4.69) is 28.1 Å². The monoisotopic (exact) mass is 381 g/mol. The average molecular weight is 381 g/mol. The molecule has 0 aliphatic heterocycles. The van der Waals surface area contributed by atoms with Gasteiger partial charge in [-0.25, -0.2) is 4.79 Å². The zero-order valence-electron chi connectivity index (χ0n) is 10.9. The molecule has 5 heteroatoms. The van der Waals surface area contributed by atoms with Gasteiger partial charge in [-0.2, -0.15) is 23.2 Å². The summed E-state index contributed by atoms with van der Waals surface area (Å²) in [7, 11) is 0. The number of rotatable bonds is 4. The first kappa shape index (κ1) is 14.8. The number of aryl methyl sites for hydroxylation is 1. The van der Waals surface area contributed by atoms with Gasteiger partial charge < -0.3 is 10.6 Å². The number of nitrogens with two attached hydrogens (primary N) is 1. The van der Waals surface area contributed by atoms with Crippen molar-refractivity contribution in [2.45, 2.75) is 6.92 Å². The third kappa shape index (κ3) is 3.96. The Labute approximate surface area is 131 Å². The van der Waals surface area contributed by atoms with E-state index < -0.39 is 5.97 Å². The molecule has 0 atom stereocenters. The van der Waals surface area contributed by atoms with Gasteiger partial charge in [-0.3, -0.25) is 0 Å². The van der Waals surface area contributed by atoms with E-state index in [0.29, 0.717) is 11.7 Å². The summed E-state index contributed by atoms with van der Waals surface area (Å²) in [5.74, 6) is -0.473. The predicted molar refractivity (Wildman–Crippen MR) is 85.4 cm³/mol. The number of benzene rings is 2. The van der Waals surface area contributed by atoms with Crippen LogP contribution in [0.5, 0.6) is 0 Å². The quantitative estimate of drug-likeness (QED) is 0.486. The van der Waals surface area contributed by atoms with Crippen LogP contribution in [0.3, 0.4) is 0 Å². The van der Waals surface area contributed by atoms with Gasteiger partial charge in [-0.05, 0) is 47.0 Å². The minimum Gasteiger partial charge on any atom is -0.373 e. The minimum atomic E-state index is -0.473. The Kier molecular flexibility index (Phi) is 4.99. The maximum Gasteiger partial charge on any atom is 0.356 e. The van der Waals surface area contributed by atoms with Crippen molar-refractivity contribution in [1.29, 1.82) is 0 Å². The van der Waals surface area contributed by atoms with Crippen LogP contribution < -0.4 is 11.2 Å². The van der Waals surface area contributed by atoms with Crippen LogP contribution in [0, 0.1) is 16.7 Å². The third-order valence-electron chi connectivity index (χ3n) is 2.64. The molecule has 0 aliphatic rings. The van der Waals surface area contributed by atoms with Crippen LogP contribution in [0.1, 0.15) is 21.5 Å². The molecule has 20 heavy (non-hydrogen) atoms. The summed E-state index contributed by atoms with van der Waals surface area (Å²) >= 11 is 2.14. The lowest BCUT2D eigenvalue weighted by atomic mass is 10.1. The van der Waals surface area contributed by atoms with E-state index in [9.17, 15) is 4.79 Å². The lowest BCUT2D eigenvalue weighted by molar-refractivity contribution is 0.0280. The van der Waals surface area contributed by atoms with E-state index in [-0.39, 0.29) is 0 Å². The zero-order valence-corrected chi connectivity index (χ0v) is 13.0. The van der Waals surface area contributed by atoms with Gasteiger partial charge in [0.05, 0.1) is 5.56 Å². The van der Waals surface area contributed by atoms with E-state index in [1.54, 1.807) is 18.2 Å². The first-order valence-corrected chi connectivity index (χ1v) is 7.06. The maximum absolute atomic E-state index is 11.8. The summed E-state index contributed by atoms with van der Waals surface area (Å²) < 4.78 is 0.965. The molecule has 0 spiro atoms. The van der Waals surface area contributed by atoms with Gasteiger partial charge in [0.25, 0.3) is 0 Å². The summed E-state index contributed by atoms with van der Waals surface area (Å²) in [5, 5.41) is 0. The lowest BCUT2D eigenvalue weighted by Crippen LogP contribution is -2.32. The highest BCUT2D eigenvalue weighted by Crippen LogP contribution is 2.11. The molecule has 0 radical (unpaired) electrons. The Bertz CT molecular complexity index is 616. The van der Waals surface area contributed by atoms with Crippen molar-refractivity contribution in [1.82, 2.24) is 5.48 Å². The van der Waals surface area contributed by atoms with Crippen molar-refractivity contribution < 1.29 is 9.63 Å². The molecule has 0 unspecified atom stereocenters. The van der Waals surface area contributed by atoms with Crippen LogP contribution >= 0.6 is 22.6 Å². The largest absolute Gasteiger partial charge is 0.373 e. The van der Waals surface area contributed by atoms with Gasteiger partial charge in [0, 0.05) is 3.57 Å². The molecule has 3 N–H and O–H groups in total. The van der Waals surface area contributed by atoms with E-state index in [1.807, 2.05) is 37.3 Å². The van der Waals surface area contributed by atoms with Gasteiger partial charge in [-0.1, -0.05) is 19.1 Å². The molecule has 0 amide bonds. The molecule has 2 aromatic rings. The number of hydroxylamine groups is 1. The smallest absolute Gasteiger partial charge is 0.356 e. The molecule has 104 valence electrons. The Morgan fingerprint density at radius 3 is 2.70 bits per heavy atom. The van der Waals surface area contributed by atoms with Crippen molar-refractivity contribution >= 4 is 28.6 Å². The molecule has 2 aromatic carbocycles. The zero-order chi connectivity index (χ0) is 14.5. The van der Waals surface area contributed by atoms with Crippen molar-refractivity contribution in [2.24, 2.45) is 5.73 Å². The lowest BCUT2D eigenvalue weighted by Gasteiger charge is -2.21. The van der Waals surface area contributed by atoms with Crippen LogP contribution in [0.4, 0.5) is 0 Å². The number of carbonyl (C=O) groups is 1. The molecule has 0 heterocycles. The average Bonchev–Trinajstić information content (AvgIpc) is 2.44. The van der Waals surface area contributed by atoms with E-state index >= 15 is 0 Å². The SMILES string of the molecule is Cc1cccc([C-](N)NOC(=O)c2cccc(I)c2)c1. The molecule has 0 fully saturated rings. The maximum atomic E-state index is 11.8. The standard InChI is InChI=1S/C15H14IN2O2/c1-10-4-2-5-11(8-10)14(17)18-20-15(19)12-6-3-7-13(16)9-12/h2-9,18H,17H2,1H3/q-1. The van der Waals surface area contributed by atoms with Gasteiger partial charge in [0.1, 0.15) is 0 Å². The summed E-state index contributed by atoms with van der Waals surface area (Å²) in [6, 6.07) is 14.7. The first-order chi connectivity index (χ1) is 9.56. The predicted octanol–water partition coefficient (Wildman–Crippen LogP) is 2.76. The molecule has 0 bridgehead atoms. The van der Waals surface area contributed by atoms with Crippen LogP contribution in [0.15, 0.2) is 48.5 Å². The highest BCUT2D eigenvalue weighted by atomic mass is 127. The van der Waals surface area contributed by atoms with E-state index in [0.717, 1.165) is 14.7 Å². The molecule has 0 aliphatic carbocycles. The van der Waals surface area contributed by atoms with Crippen molar-refractivity contribution in [3.05, 3.63) is 75.0 Å². The number of nitrogens with one attached hydrogen (secondary N) is 1. The third-order valence-corrected chi connectivity index (χ3v) is 3.31. The second-order valence-electron chi connectivity index (χ2n) is 4.29. The Hall–Kier alpha value is -1.57. The number of halogens is 1. The second kappa shape index (κ2) is 6.74. The first-order valence-electron chi connectivity index (χ1n) is 5.98. The number of carbonyl (C=O) groups excluding carboxylic acids is 1. The van der Waals surface area contributed by atoms with Gasteiger partial charge in [-0.15, -0.1) is 11.6 Å². The Morgan fingerprint density at radius 1 is 1.25 bits per heavy atom. The highest BCUT2D eigenvalue weighted by Gasteiger charge is 2.08. The Morgan fingerprint density at radius 2 is 2.00 bits per heavy atom. The van der Waals surface area contributed by atoms with E-state index in [1.165, 1.54) is 0 Å². The van der Waals surface area contributed by atoms with Gasteiger partial charge >= 0.3 is 5.97 Å². The topological polar surface area (TPSA) is 64.3 Å². The molecule has 0 saturated carbocycles. The minimum absolute atomic E-state index is 0.299. The number of hydrogen-bond donors (Lipinski definition) is 2. The molecular weight excluding hydrogens is 367 g/mol. The molecule has 0 saturated heterocycles. The second-order valence-corrected chi connectivity index (χ2v) is 5.53. The highest BCUT2D eigenvalue weighted by molar-refractivity contribution is 14.1. The summed E-state index contributed by atoms with van der Waals surface area (Å²) in [4.78, 5) is 16.8. The summed E-state index contributed by atoms with van der Waals surface area (Å²) in [6.45, 7) is 1.97. The molecular formula is C15H14IN2O2-. The molecule has 0 aromatic heterocycles. The fourth-order valence-electron chi connectivity index (χ4n) is 1.65. The fraction of sp³-hybridized carbons (Fsp3) is 0.0667. The fourth-order valence-corrected chi connectivity index (χ4v) is 2.19. The van der Waals surface area contributed by atoms with Crippen LogP contribution in [0.25, 0.3) is 0 Å². The number of hydrogen-bond acceptors (Lipinski definition) is 4. The van der Waals surface area contributed by atoms with Gasteiger partial charge in [0.15, 0.2) is 0 Å².